The van der Waals surface area contributed by atoms with E-state index >= 15 is 0 Å². The molecule has 12 heavy (non-hydrogen) atoms. The summed E-state index contributed by atoms with van der Waals surface area (Å²) in [6.45, 7) is 0. The molecule has 0 aliphatic rings. The number of aromatic nitrogens is 1. The molecule has 7 heteroatoms. The summed E-state index contributed by atoms with van der Waals surface area (Å²) in [4.78, 5) is 2.74. The van der Waals surface area contributed by atoms with Crippen LogP contribution in [-0.2, 0) is 0 Å². The van der Waals surface area contributed by atoms with Gasteiger partial charge >= 0.3 is 7.12 Å². The Kier molecular flexibility index (Phi) is 3.74. The topological polar surface area (TPSA) is 84.9 Å². The molecule has 66 valence electrons. The molecular weight excluding hydrogens is 171 g/mol. The predicted molar refractivity (Wildman–Crippen MR) is 37.6 cm³/mol. The van der Waals surface area contributed by atoms with E-state index in [1.807, 2.05) is 0 Å². The summed E-state index contributed by atoms with van der Waals surface area (Å²) < 4.78 is 24.5. The molecule has 0 aliphatic carbocycles. The van der Waals surface area contributed by atoms with Crippen molar-refractivity contribution in [2.24, 2.45) is 0 Å². The second kappa shape index (κ2) is 4.10. The Bertz CT molecular complexity index is 271. The molecule has 0 radical (unpaired) electrons. The second-order valence-corrected chi connectivity index (χ2v) is 1.89. The Morgan fingerprint density at radius 3 is 2.25 bits per heavy atom. The van der Waals surface area contributed by atoms with Crippen molar-refractivity contribution in [2.75, 3.05) is 0 Å². The van der Waals surface area contributed by atoms with Gasteiger partial charge in [-0.15, -0.1) is 0 Å². The lowest BCUT2D eigenvalue weighted by atomic mass is 9.81. The molecule has 0 atom stereocenters. The van der Waals surface area contributed by atoms with Gasteiger partial charge < -0.3 is 15.5 Å². The minimum absolute atomic E-state index is 0. The highest BCUT2D eigenvalue weighted by molar-refractivity contribution is 6.58. The van der Waals surface area contributed by atoms with E-state index in [9.17, 15) is 8.78 Å². The zero-order valence-corrected chi connectivity index (χ0v) is 5.83. The molecule has 0 spiro atoms. The van der Waals surface area contributed by atoms with Crippen molar-refractivity contribution in [3.63, 3.8) is 0 Å². The fraction of sp³-hybridized carbons (Fsp3) is 0. The summed E-state index contributed by atoms with van der Waals surface area (Å²) >= 11 is 0. The van der Waals surface area contributed by atoms with Crippen molar-refractivity contribution < 1.29 is 24.3 Å². The highest BCUT2D eigenvalue weighted by atomic mass is 19.1. The maximum atomic E-state index is 12.4. The molecule has 4 N–H and O–H groups in total. The summed E-state index contributed by atoms with van der Waals surface area (Å²) in [6, 6.07) is 1.76. The van der Waals surface area contributed by atoms with Gasteiger partial charge in [0.2, 0.25) is 11.9 Å². The number of halogens is 2. The van der Waals surface area contributed by atoms with E-state index in [2.05, 4.69) is 4.98 Å². The first kappa shape index (κ1) is 11.0. The predicted octanol–water partition coefficient (Wildman–Crippen LogP) is -1.79. The van der Waals surface area contributed by atoms with Crippen LogP contribution >= 0.6 is 0 Å². The van der Waals surface area contributed by atoms with Gasteiger partial charge in [0.25, 0.3) is 0 Å². The van der Waals surface area contributed by atoms with Crippen molar-refractivity contribution in [1.29, 1.82) is 0 Å². The first-order chi connectivity index (χ1) is 5.11. The monoisotopic (exact) mass is 177 g/mol. The average Bonchev–Trinajstić information content (AvgIpc) is 1.85. The van der Waals surface area contributed by atoms with Crippen LogP contribution in [0.25, 0.3) is 0 Å². The van der Waals surface area contributed by atoms with Crippen LogP contribution in [0.15, 0.2) is 12.1 Å². The molecule has 4 nitrogen and oxygen atoms in total. The summed E-state index contributed by atoms with van der Waals surface area (Å²) in [5.41, 5.74) is -0.439. The van der Waals surface area contributed by atoms with Crippen LogP contribution in [0.5, 0.6) is 0 Å². The van der Waals surface area contributed by atoms with Crippen LogP contribution in [-0.4, -0.2) is 27.6 Å². The third-order valence-corrected chi connectivity index (χ3v) is 1.12. The minimum atomic E-state index is -1.96. The fourth-order valence-electron chi connectivity index (χ4n) is 0.615. The van der Waals surface area contributed by atoms with E-state index in [0.717, 1.165) is 12.1 Å². The van der Waals surface area contributed by atoms with Gasteiger partial charge in [0, 0.05) is 5.46 Å². The SMILES string of the molecule is O.OB(O)c1ccc(F)nc1F. The van der Waals surface area contributed by atoms with Gasteiger partial charge in [0.1, 0.15) is 0 Å². The van der Waals surface area contributed by atoms with E-state index in [0.29, 0.717) is 0 Å². The molecule has 1 heterocycles. The zero-order chi connectivity index (χ0) is 8.43. The van der Waals surface area contributed by atoms with Gasteiger partial charge in [-0.05, 0) is 6.07 Å². The summed E-state index contributed by atoms with van der Waals surface area (Å²) in [5, 5.41) is 16.9. The molecule has 1 rings (SSSR count). The molecule has 0 saturated carbocycles. The third-order valence-electron chi connectivity index (χ3n) is 1.12. The lowest BCUT2D eigenvalue weighted by Gasteiger charge is -1.98. The molecule has 0 fully saturated rings. The van der Waals surface area contributed by atoms with Crippen molar-refractivity contribution in [3.05, 3.63) is 24.0 Å². The number of rotatable bonds is 1. The highest BCUT2D eigenvalue weighted by Gasteiger charge is 2.17. The zero-order valence-electron chi connectivity index (χ0n) is 5.83. The number of hydrogen-bond donors (Lipinski definition) is 2. The molecular formula is C5H6BF2NO3. The van der Waals surface area contributed by atoms with Crippen LogP contribution < -0.4 is 5.46 Å². The summed E-state index contributed by atoms with van der Waals surface area (Å²) in [7, 11) is -1.96. The van der Waals surface area contributed by atoms with Gasteiger partial charge in [-0.25, -0.2) is 0 Å². The molecule has 0 amide bonds. The van der Waals surface area contributed by atoms with Crippen molar-refractivity contribution in [1.82, 2.24) is 4.98 Å². The van der Waals surface area contributed by atoms with Crippen LogP contribution in [0.2, 0.25) is 0 Å². The molecule has 0 aromatic carbocycles. The van der Waals surface area contributed by atoms with Crippen molar-refractivity contribution >= 4 is 12.6 Å². The van der Waals surface area contributed by atoms with E-state index in [4.69, 9.17) is 10.0 Å². The fourth-order valence-corrected chi connectivity index (χ4v) is 0.615. The molecule has 0 aliphatic heterocycles. The van der Waals surface area contributed by atoms with E-state index < -0.39 is 24.5 Å². The third kappa shape index (κ3) is 2.23. The number of hydrogen-bond acceptors (Lipinski definition) is 3. The Morgan fingerprint density at radius 2 is 1.83 bits per heavy atom. The minimum Gasteiger partial charge on any atom is -0.423 e. The van der Waals surface area contributed by atoms with Crippen LogP contribution in [0.3, 0.4) is 0 Å². The Balaban J connectivity index is 0.00000121. The van der Waals surface area contributed by atoms with Gasteiger partial charge in [-0.3, -0.25) is 0 Å². The Morgan fingerprint density at radius 1 is 1.25 bits per heavy atom. The molecule has 0 saturated heterocycles. The van der Waals surface area contributed by atoms with Gasteiger partial charge in [-0.1, -0.05) is 6.07 Å². The van der Waals surface area contributed by atoms with E-state index in [1.165, 1.54) is 0 Å². The molecule has 0 bridgehead atoms. The lowest BCUT2D eigenvalue weighted by molar-refractivity contribution is 0.420. The summed E-state index contributed by atoms with van der Waals surface area (Å²) in [5.74, 6) is -2.20. The smallest absolute Gasteiger partial charge is 0.423 e. The summed E-state index contributed by atoms with van der Waals surface area (Å²) in [6.07, 6.45) is 0. The Labute approximate surface area is 66.9 Å². The average molecular weight is 177 g/mol. The van der Waals surface area contributed by atoms with Gasteiger partial charge in [0.05, 0.1) is 0 Å². The van der Waals surface area contributed by atoms with E-state index in [1.54, 1.807) is 0 Å². The maximum absolute atomic E-state index is 12.4. The van der Waals surface area contributed by atoms with Crippen LogP contribution in [0, 0.1) is 11.9 Å². The van der Waals surface area contributed by atoms with Gasteiger partial charge in [-0.2, -0.15) is 13.8 Å². The van der Waals surface area contributed by atoms with Gasteiger partial charge in [0.15, 0.2) is 0 Å². The largest absolute Gasteiger partial charge is 0.493 e. The highest BCUT2D eigenvalue weighted by Crippen LogP contribution is 1.93. The Hall–Kier alpha value is -1.05. The van der Waals surface area contributed by atoms with Crippen LogP contribution in [0.4, 0.5) is 8.78 Å². The standard InChI is InChI=1S/C5H4BF2NO2.H2O/c7-4-2-1-3(6(10)11)5(8)9-4;/h1-2,10-11H;1H2. The number of pyridine rings is 1. The first-order valence-corrected chi connectivity index (χ1v) is 2.79. The van der Waals surface area contributed by atoms with Crippen molar-refractivity contribution in [3.8, 4) is 0 Å². The maximum Gasteiger partial charge on any atom is 0.493 e. The molecule has 1 aromatic rings. The number of nitrogens with zero attached hydrogens (tertiary/aromatic N) is 1. The lowest BCUT2D eigenvalue weighted by Crippen LogP contribution is -2.33. The first-order valence-electron chi connectivity index (χ1n) is 2.79. The van der Waals surface area contributed by atoms with Crippen LogP contribution in [0.1, 0.15) is 0 Å². The quantitative estimate of drug-likeness (QED) is 0.392. The van der Waals surface area contributed by atoms with E-state index in [-0.39, 0.29) is 5.48 Å². The second-order valence-electron chi connectivity index (χ2n) is 1.89. The van der Waals surface area contributed by atoms with Crippen molar-refractivity contribution in [2.45, 2.75) is 0 Å². The normalized spacial score (nSPS) is 9.00. The molecule has 0 unspecified atom stereocenters. The molecule has 1 aromatic heterocycles.